The van der Waals surface area contributed by atoms with E-state index in [9.17, 15) is 18.0 Å². The molecule has 0 aromatic rings. The molecule has 0 aromatic carbocycles. The van der Waals surface area contributed by atoms with Gasteiger partial charge in [0.25, 0.3) is 0 Å². The number of nitrogens with one attached hydrogen (secondary N) is 2. The van der Waals surface area contributed by atoms with Crippen molar-refractivity contribution in [2.75, 3.05) is 6.54 Å². The Balaban J connectivity index is 2.60. The van der Waals surface area contributed by atoms with Crippen molar-refractivity contribution in [3.05, 3.63) is 0 Å². The third kappa shape index (κ3) is 2.33. The molecule has 2 N–H and O–H groups in total. The average Bonchev–Trinajstić information content (AvgIpc) is 2.03. The molecule has 2 unspecified atom stereocenters. The predicted octanol–water partition coefficient (Wildman–Crippen LogP) is 0.415. The number of rotatable bonds is 1. The summed E-state index contributed by atoms with van der Waals surface area (Å²) >= 11 is 0. The second-order valence-corrected chi connectivity index (χ2v) is 2.97. The highest BCUT2D eigenvalue weighted by atomic mass is 19.4. The zero-order valence-electron chi connectivity index (χ0n) is 7.11. The van der Waals surface area contributed by atoms with Crippen molar-refractivity contribution in [1.29, 1.82) is 0 Å². The summed E-state index contributed by atoms with van der Waals surface area (Å²) in [6.45, 7) is 1.29. The van der Waals surface area contributed by atoms with E-state index in [4.69, 9.17) is 0 Å². The maximum atomic E-state index is 12.2. The summed E-state index contributed by atoms with van der Waals surface area (Å²) in [4.78, 5) is 11.0. The van der Waals surface area contributed by atoms with Crippen molar-refractivity contribution in [3.63, 3.8) is 0 Å². The van der Waals surface area contributed by atoms with Gasteiger partial charge < -0.3 is 5.32 Å². The third-order valence-corrected chi connectivity index (χ3v) is 2.00. The van der Waals surface area contributed by atoms with E-state index in [0.717, 1.165) is 0 Å². The lowest BCUT2D eigenvalue weighted by atomic mass is 10.1. The second-order valence-electron chi connectivity index (χ2n) is 2.97. The fourth-order valence-corrected chi connectivity index (χ4v) is 1.22. The molecule has 0 saturated carbocycles. The summed E-state index contributed by atoms with van der Waals surface area (Å²) < 4.78 is 36.5. The summed E-state index contributed by atoms with van der Waals surface area (Å²) in [5.41, 5.74) is 0. The van der Waals surface area contributed by atoms with Gasteiger partial charge in [-0.1, -0.05) is 6.92 Å². The van der Waals surface area contributed by atoms with Crippen LogP contribution in [0.4, 0.5) is 13.2 Å². The molecule has 1 saturated heterocycles. The van der Waals surface area contributed by atoms with Gasteiger partial charge in [-0.05, 0) is 6.42 Å². The highest BCUT2D eigenvalue weighted by molar-refractivity contribution is 5.82. The summed E-state index contributed by atoms with van der Waals surface area (Å²) in [6, 6.07) is -2.34. The molecule has 13 heavy (non-hydrogen) atoms. The molecule has 6 heteroatoms. The monoisotopic (exact) mass is 196 g/mol. The van der Waals surface area contributed by atoms with Crippen LogP contribution in [-0.2, 0) is 4.79 Å². The number of halogens is 3. The molecule has 0 radical (unpaired) electrons. The van der Waals surface area contributed by atoms with Crippen molar-refractivity contribution in [2.24, 2.45) is 0 Å². The van der Waals surface area contributed by atoms with E-state index >= 15 is 0 Å². The number of carbonyl (C=O) groups excluding carboxylic acids is 1. The maximum Gasteiger partial charge on any atom is 0.405 e. The Morgan fingerprint density at radius 1 is 1.54 bits per heavy atom. The van der Waals surface area contributed by atoms with E-state index in [-0.39, 0.29) is 12.5 Å². The van der Waals surface area contributed by atoms with Crippen LogP contribution in [0.2, 0.25) is 0 Å². The van der Waals surface area contributed by atoms with Crippen LogP contribution in [0.1, 0.15) is 13.3 Å². The lowest BCUT2D eigenvalue weighted by Gasteiger charge is -2.31. The fraction of sp³-hybridized carbons (Fsp3) is 0.857. The smallest absolute Gasteiger partial charge is 0.353 e. The van der Waals surface area contributed by atoms with Gasteiger partial charge in [0.05, 0.1) is 6.04 Å². The molecule has 2 atom stereocenters. The van der Waals surface area contributed by atoms with E-state index in [2.05, 4.69) is 10.6 Å². The van der Waals surface area contributed by atoms with Gasteiger partial charge in [-0.2, -0.15) is 13.2 Å². The number of hydrogen-bond donors (Lipinski definition) is 2. The summed E-state index contributed by atoms with van der Waals surface area (Å²) in [6.07, 6.45) is -3.93. The van der Waals surface area contributed by atoms with Crippen molar-refractivity contribution in [3.8, 4) is 0 Å². The second kappa shape index (κ2) is 3.53. The number of alkyl halides is 3. The Kier molecular flexibility index (Phi) is 2.80. The molecule has 76 valence electrons. The van der Waals surface area contributed by atoms with Gasteiger partial charge in [0.2, 0.25) is 5.91 Å². The molecular formula is C7H11F3N2O. The lowest BCUT2D eigenvalue weighted by Crippen LogP contribution is -2.62. The molecule has 1 amide bonds. The Hall–Kier alpha value is -0.780. The summed E-state index contributed by atoms with van der Waals surface area (Å²) in [5.74, 6) is -0.358. The van der Waals surface area contributed by atoms with E-state index in [1.807, 2.05) is 0 Å². The standard InChI is InChI=1S/C7H11F3N2O/c1-2-4-6(13)11-3-5(12-4)7(8,9)10/h4-5,12H,2-3H2,1H3,(H,11,13). The first-order valence-electron chi connectivity index (χ1n) is 4.05. The quantitative estimate of drug-likeness (QED) is 0.638. The molecule has 1 rings (SSSR count). The summed E-state index contributed by atoms with van der Waals surface area (Å²) in [5, 5.41) is 4.47. The first-order valence-corrected chi connectivity index (χ1v) is 4.05. The highest BCUT2D eigenvalue weighted by Crippen LogP contribution is 2.21. The number of carbonyl (C=O) groups is 1. The van der Waals surface area contributed by atoms with Crippen LogP contribution in [0.5, 0.6) is 0 Å². The van der Waals surface area contributed by atoms with Gasteiger partial charge in [-0.3, -0.25) is 10.1 Å². The lowest BCUT2D eigenvalue weighted by molar-refractivity contribution is -0.163. The number of amides is 1. The molecule has 0 spiro atoms. The van der Waals surface area contributed by atoms with Crippen LogP contribution < -0.4 is 10.6 Å². The zero-order valence-corrected chi connectivity index (χ0v) is 7.11. The Morgan fingerprint density at radius 3 is 2.62 bits per heavy atom. The topological polar surface area (TPSA) is 41.1 Å². The van der Waals surface area contributed by atoms with Crippen LogP contribution in [0.25, 0.3) is 0 Å². The number of piperazine rings is 1. The largest absolute Gasteiger partial charge is 0.405 e. The van der Waals surface area contributed by atoms with Crippen molar-refractivity contribution in [2.45, 2.75) is 31.6 Å². The minimum Gasteiger partial charge on any atom is -0.353 e. The average molecular weight is 196 g/mol. The molecule has 0 bridgehead atoms. The maximum absolute atomic E-state index is 12.2. The Morgan fingerprint density at radius 2 is 2.15 bits per heavy atom. The van der Waals surface area contributed by atoms with Gasteiger partial charge >= 0.3 is 6.18 Å². The molecule has 1 aliphatic heterocycles. The first-order chi connectivity index (χ1) is 5.95. The minimum absolute atomic E-state index is 0.358. The Bertz CT molecular complexity index is 204. The van der Waals surface area contributed by atoms with Gasteiger partial charge in [0, 0.05) is 6.54 Å². The minimum atomic E-state index is -4.29. The Labute approximate surface area is 73.7 Å². The molecule has 1 fully saturated rings. The fourth-order valence-electron chi connectivity index (χ4n) is 1.22. The van der Waals surface area contributed by atoms with Crippen LogP contribution in [0.15, 0.2) is 0 Å². The first kappa shape index (κ1) is 10.3. The predicted molar refractivity (Wildman–Crippen MR) is 40.1 cm³/mol. The van der Waals surface area contributed by atoms with Gasteiger partial charge in [-0.15, -0.1) is 0 Å². The molecule has 3 nitrogen and oxygen atoms in total. The number of hydrogen-bond acceptors (Lipinski definition) is 2. The van der Waals surface area contributed by atoms with Crippen LogP contribution in [-0.4, -0.2) is 30.7 Å². The van der Waals surface area contributed by atoms with E-state index < -0.39 is 18.3 Å². The summed E-state index contributed by atoms with van der Waals surface area (Å²) in [7, 11) is 0. The van der Waals surface area contributed by atoms with E-state index in [1.165, 1.54) is 0 Å². The van der Waals surface area contributed by atoms with E-state index in [0.29, 0.717) is 6.42 Å². The van der Waals surface area contributed by atoms with E-state index in [1.54, 1.807) is 6.92 Å². The van der Waals surface area contributed by atoms with Crippen molar-refractivity contribution >= 4 is 5.91 Å². The SMILES string of the molecule is CCC1NC(C(F)(F)F)CNC1=O. The van der Waals surface area contributed by atoms with Gasteiger partial charge in [0.1, 0.15) is 6.04 Å². The van der Waals surface area contributed by atoms with Crippen molar-refractivity contribution in [1.82, 2.24) is 10.6 Å². The van der Waals surface area contributed by atoms with Gasteiger partial charge in [0.15, 0.2) is 0 Å². The highest BCUT2D eigenvalue weighted by Gasteiger charge is 2.43. The third-order valence-electron chi connectivity index (χ3n) is 2.00. The molecule has 0 aliphatic carbocycles. The molecular weight excluding hydrogens is 185 g/mol. The van der Waals surface area contributed by atoms with Crippen LogP contribution in [0, 0.1) is 0 Å². The zero-order chi connectivity index (χ0) is 10.1. The van der Waals surface area contributed by atoms with Gasteiger partial charge in [-0.25, -0.2) is 0 Å². The van der Waals surface area contributed by atoms with Crippen molar-refractivity contribution < 1.29 is 18.0 Å². The molecule has 1 heterocycles. The molecule has 0 aromatic heterocycles. The van der Waals surface area contributed by atoms with Crippen LogP contribution >= 0.6 is 0 Å². The molecule has 1 aliphatic rings. The van der Waals surface area contributed by atoms with Crippen LogP contribution in [0.3, 0.4) is 0 Å². The normalized spacial score (nSPS) is 30.0.